The number of ether oxygens (including phenoxy) is 1. The van der Waals surface area contributed by atoms with Crippen LogP contribution in [0.5, 0.6) is 5.75 Å². The molecule has 1 aromatic carbocycles. The maximum absolute atomic E-state index is 13.4. The molecule has 0 saturated carbocycles. The zero-order valence-corrected chi connectivity index (χ0v) is 17.1. The number of anilines is 1. The van der Waals surface area contributed by atoms with Crippen molar-refractivity contribution in [3.8, 4) is 17.1 Å². The molecule has 3 heterocycles. The van der Waals surface area contributed by atoms with E-state index in [9.17, 15) is 8.42 Å². The van der Waals surface area contributed by atoms with Crippen LogP contribution in [0.4, 0.5) is 5.69 Å². The van der Waals surface area contributed by atoms with Crippen LogP contribution in [0.1, 0.15) is 19.0 Å². The van der Waals surface area contributed by atoms with Crippen molar-refractivity contribution in [3.05, 3.63) is 46.4 Å². The molecule has 0 radical (unpaired) electrons. The van der Waals surface area contributed by atoms with Crippen LogP contribution in [0.15, 0.2) is 44.4 Å². The van der Waals surface area contributed by atoms with E-state index in [0.717, 1.165) is 17.0 Å². The Balaban J connectivity index is 1.76. The highest BCUT2D eigenvalue weighted by atomic mass is 35.5. The number of aromatic nitrogens is 1. The Bertz CT molecular complexity index is 1090. The normalized spacial score (nSPS) is 16.9. The monoisotopic (exact) mass is 424 g/mol. The minimum Gasteiger partial charge on any atom is -0.486 e. The highest BCUT2D eigenvalue weighted by Gasteiger charge is 2.35. The van der Waals surface area contributed by atoms with Gasteiger partial charge in [0.25, 0.3) is 10.0 Å². The molecule has 9 heteroatoms. The van der Waals surface area contributed by atoms with Crippen LogP contribution >= 0.6 is 22.9 Å². The average molecular weight is 425 g/mol. The van der Waals surface area contributed by atoms with Crippen LogP contribution < -0.4 is 9.04 Å². The number of hydrogen-bond acceptors (Lipinski definition) is 6. The van der Waals surface area contributed by atoms with Gasteiger partial charge in [-0.25, -0.2) is 8.42 Å². The third-order valence-corrected chi connectivity index (χ3v) is 7.77. The van der Waals surface area contributed by atoms with E-state index >= 15 is 0 Å². The molecule has 1 unspecified atom stereocenters. The molecule has 0 bridgehead atoms. The summed E-state index contributed by atoms with van der Waals surface area (Å²) in [5.41, 5.74) is 1.88. The highest BCUT2D eigenvalue weighted by molar-refractivity contribution is 7.94. The van der Waals surface area contributed by atoms with Gasteiger partial charge in [0.05, 0.1) is 17.9 Å². The Labute approximate surface area is 166 Å². The molecule has 3 aromatic rings. The number of thiophene rings is 1. The lowest BCUT2D eigenvalue weighted by Crippen LogP contribution is -2.43. The molecule has 0 saturated heterocycles. The number of benzene rings is 1. The van der Waals surface area contributed by atoms with Crippen LogP contribution in [0, 0.1) is 6.92 Å². The van der Waals surface area contributed by atoms with Crippen molar-refractivity contribution < 1.29 is 17.7 Å². The first-order valence-electron chi connectivity index (χ1n) is 8.39. The summed E-state index contributed by atoms with van der Waals surface area (Å²) in [4.78, 5) is 0. The van der Waals surface area contributed by atoms with Crippen molar-refractivity contribution in [2.45, 2.75) is 30.6 Å². The molecule has 0 fully saturated rings. The maximum atomic E-state index is 13.4. The van der Waals surface area contributed by atoms with E-state index < -0.39 is 10.0 Å². The lowest BCUT2D eigenvalue weighted by atomic mass is 10.2. The smallest absolute Gasteiger partial charge is 0.274 e. The summed E-state index contributed by atoms with van der Waals surface area (Å²) in [5.74, 6) is 1.06. The number of halogens is 1. The first-order valence-corrected chi connectivity index (χ1v) is 11.1. The third-order valence-electron chi connectivity index (χ3n) is 4.34. The Morgan fingerprint density at radius 3 is 2.85 bits per heavy atom. The van der Waals surface area contributed by atoms with Gasteiger partial charge in [-0.2, -0.15) is 0 Å². The van der Waals surface area contributed by atoms with Crippen molar-refractivity contribution in [2.24, 2.45) is 0 Å². The first-order chi connectivity index (χ1) is 12.9. The van der Waals surface area contributed by atoms with E-state index in [1.54, 1.807) is 35.7 Å². The fourth-order valence-corrected chi connectivity index (χ4v) is 5.86. The predicted molar refractivity (Wildman–Crippen MR) is 105 cm³/mol. The number of sulfonamides is 1. The van der Waals surface area contributed by atoms with Gasteiger partial charge in [0.1, 0.15) is 16.1 Å². The summed E-state index contributed by atoms with van der Waals surface area (Å²) < 4.78 is 39.5. The quantitative estimate of drug-likeness (QED) is 0.605. The van der Waals surface area contributed by atoms with Crippen molar-refractivity contribution >= 4 is 38.6 Å². The summed E-state index contributed by atoms with van der Waals surface area (Å²) in [6, 6.07) is 8.41. The second-order valence-corrected chi connectivity index (χ2v) is 9.72. The Kier molecular flexibility index (Phi) is 4.65. The van der Waals surface area contributed by atoms with Crippen LogP contribution in [-0.4, -0.2) is 26.2 Å². The molecule has 0 aliphatic carbocycles. The van der Waals surface area contributed by atoms with Gasteiger partial charge >= 0.3 is 0 Å². The van der Waals surface area contributed by atoms with Gasteiger partial charge in [0.15, 0.2) is 5.76 Å². The van der Waals surface area contributed by atoms with Gasteiger partial charge in [-0.3, -0.25) is 4.31 Å². The van der Waals surface area contributed by atoms with Crippen molar-refractivity contribution in [1.29, 1.82) is 0 Å². The van der Waals surface area contributed by atoms with Gasteiger partial charge in [-0.15, -0.1) is 11.3 Å². The van der Waals surface area contributed by atoms with E-state index in [2.05, 4.69) is 5.16 Å². The largest absolute Gasteiger partial charge is 0.486 e. The van der Waals surface area contributed by atoms with Gasteiger partial charge < -0.3 is 9.26 Å². The molecular weight excluding hydrogens is 408 g/mol. The number of fused-ring (bicyclic) bond motifs is 1. The lowest BCUT2D eigenvalue weighted by molar-refractivity contribution is 0.196. The summed E-state index contributed by atoms with van der Waals surface area (Å²) >= 11 is 7.25. The minimum absolute atomic E-state index is 0.218. The summed E-state index contributed by atoms with van der Waals surface area (Å²) in [7, 11) is -3.76. The van der Waals surface area contributed by atoms with E-state index in [4.69, 9.17) is 20.9 Å². The third kappa shape index (κ3) is 3.33. The molecule has 142 valence electrons. The Morgan fingerprint density at radius 2 is 2.15 bits per heavy atom. The summed E-state index contributed by atoms with van der Waals surface area (Å²) in [6.45, 7) is 4.02. The lowest BCUT2D eigenvalue weighted by Gasteiger charge is -2.34. The minimum atomic E-state index is -3.76. The zero-order valence-electron chi connectivity index (χ0n) is 14.7. The Hall–Kier alpha value is -2.03. The number of nitrogens with zero attached hydrogens (tertiary/aromatic N) is 2. The van der Waals surface area contributed by atoms with Gasteiger partial charge in [-0.05, 0) is 37.6 Å². The van der Waals surface area contributed by atoms with Crippen molar-refractivity contribution in [3.63, 3.8) is 0 Å². The van der Waals surface area contributed by atoms with E-state index in [1.165, 1.54) is 4.31 Å². The van der Waals surface area contributed by atoms with Gasteiger partial charge in [0.2, 0.25) is 0 Å². The molecule has 4 rings (SSSR count). The number of hydrogen-bond donors (Lipinski definition) is 0. The molecule has 2 aromatic heterocycles. The van der Waals surface area contributed by atoms with E-state index in [1.807, 2.05) is 13.8 Å². The number of aryl methyl sites for hydroxylation is 1. The SMILES string of the molecule is CCC1CN(S(=O)(=O)c2cc(-c3cc(C)no3)cs2)c2cc(Cl)ccc2O1. The van der Waals surface area contributed by atoms with E-state index in [-0.39, 0.29) is 16.9 Å². The molecule has 6 nitrogen and oxygen atoms in total. The molecule has 0 amide bonds. The molecule has 1 aliphatic heterocycles. The zero-order chi connectivity index (χ0) is 19.2. The van der Waals surface area contributed by atoms with Crippen molar-refractivity contribution in [2.75, 3.05) is 10.8 Å². The topological polar surface area (TPSA) is 72.6 Å². The summed E-state index contributed by atoms with van der Waals surface area (Å²) in [5, 5.41) is 6.06. The highest BCUT2D eigenvalue weighted by Crippen LogP contribution is 2.40. The molecule has 1 aliphatic rings. The Morgan fingerprint density at radius 1 is 1.33 bits per heavy atom. The maximum Gasteiger partial charge on any atom is 0.274 e. The number of rotatable bonds is 4. The molecule has 0 N–H and O–H groups in total. The standard InChI is InChI=1S/C18H17ClN2O4S2/c1-3-14-9-21(15-8-13(19)4-5-16(15)24-14)27(22,23)18-7-12(10-26-18)17-6-11(2)20-25-17/h4-8,10,14H,3,9H2,1-2H3. The average Bonchev–Trinajstić information content (AvgIpc) is 3.30. The fraction of sp³-hybridized carbons (Fsp3) is 0.278. The second-order valence-electron chi connectivity index (χ2n) is 6.28. The van der Waals surface area contributed by atoms with Crippen molar-refractivity contribution in [1.82, 2.24) is 5.16 Å². The molecule has 0 spiro atoms. The van der Waals surface area contributed by atoms with Crippen LogP contribution in [0.25, 0.3) is 11.3 Å². The van der Waals surface area contributed by atoms with Gasteiger partial charge in [0, 0.05) is 22.0 Å². The van der Waals surface area contributed by atoms with Crippen LogP contribution in [0.2, 0.25) is 5.02 Å². The van der Waals surface area contributed by atoms with Gasteiger partial charge in [-0.1, -0.05) is 23.7 Å². The molecule has 1 atom stereocenters. The van der Waals surface area contributed by atoms with Crippen LogP contribution in [-0.2, 0) is 10.0 Å². The predicted octanol–water partition coefficient (Wildman–Crippen LogP) is 4.73. The molecule has 27 heavy (non-hydrogen) atoms. The van der Waals surface area contributed by atoms with Crippen LogP contribution in [0.3, 0.4) is 0 Å². The molecular formula is C18H17ClN2O4S2. The first kappa shape index (κ1) is 18.3. The summed E-state index contributed by atoms with van der Waals surface area (Å²) in [6.07, 6.45) is 0.478. The van der Waals surface area contributed by atoms with E-state index in [0.29, 0.717) is 34.2 Å². The fourth-order valence-electron chi connectivity index (χ4n) is 2.91. The second kappa shape index (κ2) is 6.85.